The summed E-state index contributed by atoms with van der Waals surface area (Å²) in [5.74, 6) is 0.560. The number of nitrogens with two attached hydrogens (primary N) is 1. The Morgan fingerprint density at radius 1 is 1.07 bits per heavy atom. The van der Waals surface area contributed by atoms with Crippen LogP contribution in [0.2, 0.25) is 0 Å². The molecule has 0 saturated carbocycles. The van der Waals surface area contributed by atoms with Crippen molar-refractivity contribution in [3.63, 3.8) is 0 Å². The second kappa shape index (κ2) is 8.39. The summed E-state index contributed by atoms with van der Waals surface area (Å²) in [5, 5.41) is 0. The molecule has 0 aliphatic heterocycles. The highest BCUT2D eigenvalue weighted by Gasteiger charge is 2.29. The van der Waals surface area contributed by atoms with Gasteiger partial charge in [-0.25, -0.2) is 8.42 Å². The summed E-state index contributed by atoms with van der Waals surface area (Å²) < 4.78 is 42.9. The summed E-state index contributed by atoms with van der Waals surface area (Å²) in [6.45, 7) is 3.48. The number of esters is 1. The zero-order chi connectivity index (χ0) is 20.9. The van der Waals surface area contributed by atoms with E-state index >= 15 is 0 Å². The summed E-state index contributed by atoms with van der Waals surface area (Å²) in [7, 11) is -1.03. The normalized spacial score (nSPS) is 11.6. The van der Waals surface area contributed by atoms with Crippen LogP contribution in [0.4, 0.5) is 11.4 Å². The number of nitrogen functional groups attached to an aromatic ring is 1. The number of methoxy groups -OCH3 is 2. The lowest BCUT2D eigenvalue weighted by Gasteiger charge is -2.21. The van der Waals surface area contributed by atoms with E-state index in [1.54, 1.807) is 19.9 Å². The van der Waals surface area contributed by atoms with Gasteiger partial charge in [0.15, 0.2) is 0 Å². The maximum absolute atomic E-state index is 12.6. The molecule has 28 heavy (non-hydrogen) atoms. The van der Waals surface area contributed by atoms with Crippen molar-refractivity contribution in [1.29, 1.82) is 0 Å². The van der Waals surface area contributed by atoms with Crippen molar-refractivity contribution in [3.8, 4) is 11.5 Å². The van der Waals surface area contributed by atoms with E-state index in [1.165, 1.54) is 50.6 Å². The van der Waals surface area contributed by atoms with Gasteiger partial charge in [-0.2, -0.15) is 0 Å². The number of anilines is 2. The Morgan fingerprint density at radius 3 is 2.21 bits per heavy atom. The van der Waals surface area contributed by atoms with Gasteiger partial charge in [-0.05, 0) is 50.2 Å². The maximum atomic E-state index is 12.6. The topological polar surface area (TPSA) is 117 Å². The van der Waals surface area contributed by atoms with Crippen molar-refractivity contribution in [2.24, 2.45) is 5.41 Å². The van der Waals surface area contributed by atoms with Crippen molar-refractivity contribution in [2.45, 2.75) is 18.7 Å². The van der Waals surface area contributed by atoms with Gasteiger partial charge in [0.25, 0.3) is 10.0 Å². The van der Waals surface area contributed by atoms with Crippen molar-refractivity contribution in [3.05, 3.63) is 42.5 Å². The van der Waals surface area contributed by atoms with Crippen LogP contribution in [0, 0.1) is 5.41 Å². The van der Waals surface area contributed by atoms with Gasteiger partial charge in [-0.15, -0.1) is 0 Å². The number of hydrogen-bond acceptors (Lipinski definition) is 7. The van der Waals surface area contributed by atoms with Gasteiger partial charge in [-0.1, -0.05) is 0 Å². The summed E-state index contributed by atoms with van der Waals surface area (Å²) in [6, 6.07) is 10.5. The fourth-order valence-corrected chi connectivity index (χ4v) is 3.37. The van der Waals surface area contributed by atoms with Gasteiger partial charge >= 0.3 is 5.97 Å². The molecule has 0 bridgehead atoms. The molecule has 0 spiro atoms. The summed E-state index contributed by atoms with van der Waals surface area (Å²) in [5.41, 5.74) is 5.53. The molecule has 0 fully saturated rings. The number of rotatable bonds is 8. The van der Waals surface area contributed by atoms with Gasteiger partial charge < -0.3 is 19.9 Å². The van der Waals surface area contributed by atoms with Crippen LogP contribution in [0.5, 0.6) is 11.5 Å². The highest BCUT2D eigenvalue weighted by atomic mass is 32.2. The zero-order valence-electron chi connectivity index (χ0n) is 16.2. The SMILES string of the molecule is COC(=O)C(C)(C)COc1ccc(S(=O)(=O)Nc2ccc(OC)cc2N)cc1. The Labute approximate surface area is 164 Å². The Bertz CT molecular complexity index is 939. The Kier molecular flexibility index (Phi) is 6.40. The highest BCUT2D eigenvalue weighted by molar-refractivity contribution is 7.92. The van der Waals surface area contributed by atoms with Gasteiger partial charge in [0, 0.05) is 6.07 Å². The van der Waals surface area contributed by atoms with Gasteiger partial charge in [0.05, 0.1) is 35.9 Å². The fourth-order valence-electron chi connectivity index (χ4n) is 2.28. The Hall–Kier alpha value is -2.94. The van der Waals surface area contributed by atoms with E-state index in [0.29, 0.717) is 11.5 Å². The number of benzene rings is 2. The lowest BCUT2D eigenvalue weighted by molar-refractivity contribution is -0.152. The molecule has 152 valence electrons. The molecule has 3 N–H and O–H groups in total. The molecule has 0 aromatic heterocycles. The first-order valence-corrected chi connectivity index (χ1v) is 9.85. The molecule has 0 atom stereocenters. The zero-order valence-corrected chi connectivity index (χ0v) is 17.0. The Balaban J connectivity index is 2.10. The third-order valence-corrected chi connectivity index (χ3v) is 5.36. The van der Waals surface area contributed by atoms with E-state index in [1.807, 2.05) is 0 Å². The molecule has 8 nitrogen and oxygen atoms in total. The van der Waals surface area contributed by atoms with E-state index in [0.717, 1.165) is 0 Å². The lowest BCUT2D eigenvalue weighted by Crippen LogP contribution is -2.32. The predicted octanol–water partition coefficient (Wildman–Crippen LogP) is 2.66. The molecule has 0 saturated heterocycles. The van der Waals surface area contributed by atoms with Crippen LogP contribution in [0.15, 0.2) is 47.4 Å². The van der Waals surface area contributed by atoms with Gasteiger partial charge in [0.1, 0.15) is 18.1 Å². The van der Waals surface area contributed by atoms with Crippen molar-refractivity contribution in [1.82, 2.24) is 0 Å². The van der Waals surface area contributed by atoms with Gasteiger partial charge in [-0.3, -0.25) is 9.52 Å². The number of hydrogen-bond donors (Lipinski definition) is 2. The van der Waals surface area contributed by atoms with E-state index < -0.39 is 21.4 Å². The number of carbonyl (C=O) groups is 1. The smallest absolute Gasteiger partial charge is 0.314 e. The maximum Gasteiger partial charge on any atom is 0.314 e. The van der Waals surface area contributed by atoms with Crippen LogP contribution in [0.1, 0.15) is 13.8 Å². The standard InChI is InChI=1S/C19H24N2O6S/c1-19(2,18(22)26-4)12-27-13-5-8-15(9-6-13)28(23,24)21-17-10-7-14(25-3)11-16(17)20/h5-11,21H,12,20H2,1-4H3. The first-order chi connectivity index (χ1) is 13.1. The fraction of sp³-hybridized carbons (Fsp3) is 0.316. The molecule has 0 aliphatic rings. The summed E-state index contributed by atoms with van der Waals surface area (Å²) in [4.78, 5) is 11.7. The largest absolute Gasteiger partial charge is 0.497 e. The first kappa shape index (κ1) is 21.4. The molecule has 2 rings (SSSR count). The molecular weight excluding hydrogens is 384 g/mol. The molecular formula is C19H24N2O6S. The van der Waals surface area contributed by atoms with Crippen LogP contribution in [-0.2, 0) is 19.6 Å². The van der Waals surface area contributed by atoms with E-state index in [4.69, 9.17) is 19.9 Å². The van der Waals surface area contributed by atoms with E-state index in [-0.39, 0.29) is 22.9 Å². The molecule has 0 radical (unpaired) electrons. The second-order valence-corrected chi connectivity index (χ2v) is 8.38. The van der Waals surface area contributed by atoms with Crippen LogP contribution >= 0.6 is 0 Å². The van der Waals surface area contributed by atoms with Crippen LogP contribution in [0.3, 0.4) is 0 Å². The average molecular weight is 408 g/mol. The second-order valence-electron chi connectivity index (χ2n) is 6.69. The molecule has 0 amide bonds. The predicted molar refractivity (Wildman–Crippen MR) is 106 cm³/mol. The highest BCUT2D eigenvalue weighted by Crippen LogP contribution is 2.27. The van der Waals surface area contributed by atoms with Crippen molar-refractivity contribution in [2.75, 3.05) is 31.3 Å². The minimum Gasteiger partial charge on any atom is -0.497 e. The number of sulfonamides is 1. The first-order valence-electron chi connectivity index (χ1n) is 8.36. The van der Waals surface area contributed by atoms with Gasteiger partial charge in [0.2, 0.25) is 0 Å². The minimum absolute atomic E-state index is 0.0438. The minimum atomic E-state index is -3.83. The van der Waals surface area contributed by atoms with E-state index in [9.17, 15) is 13.2 Å². The lowest BCUT2D eigenvalue weighted by atomic mass is 9.95. The van der Waals surface area contributed by atoms with Crippen molar-refractivity contribution < 1.29 is 27.4 Å². The molecule has 9 heteroatoms. The van der Waals surface area contributed by atoms with Crippen LogP contribution < -0.4 is 19.9 Å². The Morgan fingerprint density at radius 2 is 1.68 bits per heavy atom. The third kappa shape index (κ3) is 5.07. The summed E-state index contributed by atoms with van der Waals surface area (Å²) >= 11 is 0. The number of nitrogens with one attached hydrogen (secondary N) is 1. The number of ether oxygens (including phenoxy) is 3. The van der Waals surface area contributed by atoms with Crippen LogP contribution in [0.25, 0.3) is 0 Å². The molecule has 0 aliphatic carbocycles. The molecule has 0 unspecified atom stereocenters. The van der Waals surface area contributed by atoms with Crippen LogP contribution in [-0.4, -0.2) is 35.2 Å². The molecule has 2 aromatic carbocycles. The third-order valence-electron chi connectivity index (χ3n) is 3.97. The monoisotopic (exact) mass is 408 g/mol. The quantitative estimate of drug-likeness (QED) is 0.509. The van der Waals surface area contributed by atoms with Crippen molar-refractivity contribution >= 4 is 27.4 Å². The van der Waals surface area contributed by atoms with E-state index in [2.05, 4.69) is 4.72 Å². The molecule has 2 aromatic rings. The summed E-state index contributed by atoms with van der Waals surface area (Å²) in [6.07, 6.45) is 0. The number of carbonyl (C=O) groups excluding carboxylic acids is 1. The average Bonchev–Trinajstić information content (AvgIpc) is 2.67. The molecule has 0 heterocycles.